The number of hydrogen-bond donors (Lipinski definition) is 2. The average Bonchev–Trinajstić information content (AvgIpc) is 2.78. The molecule has 1 aliphatic rings. The molecule has 0 bridgehead atoms. The molecule has 4 heteroatoms. The third kappa shape index (κ3) is 3.47. The molecular formula is C15H21NO3. The fourth-order valence-corrected chi connectivity index (χ4v) is 2.57. The van der Waals surface area contributed by atoms with Crippen molar-refractivity contribution in [3.8, 4) is 5.75 Å². The third-order valence-electron chi connectivity index (χ3n) is 3.74. The van der Waals surface area contributed by atoms with Gasteiger partial charge < -0.3 is 15.2 Å². The van der Waals surface area contributed by atoms with Gasteiger partial charge in [0.15, 0.2) is 0 Å². The Morgan fingerprint density at radius 1 is 1.42 bits per heavy atom. The molecule has 0 saturated heterocycles. The van der Waals surface area contributed by atoms with Gasteiger partial charge in [-0.1, -0.05) is 18.9 Å². The van der Waals surface area contributed by atoms with Crippen LogP contribution in [0.1, 0.15) is 37.7 Å². The summed E-state index contributed by atoms with van der Waals surface area (Å²) in [5.74, 6) is 0.571. The average molecular weight is 263 g/mol. The highest BCUT2D eigenvalue weighted by Gasteiger charge is 2.33. The van der Waals surface area contributed by atoms with E-state index in [4.69, 9.17) is 4.74 Å². The second kappa shape index (κ2) is 5.61. The molecule has 1 amide bonds. The van der Waals surface area contributed by atoms with E-state index >= 15 is 0 Å². The molecule has 0 spiro atoms. The van der Waals surface area contributed by atoms with Crippen LogP contribution >= 0.6 is 0 Å². The van der Waals surface area contributed by atoms with Crippen molar-refractivity contribution in [2.24, 2.45) is 0 Å². The number of hydrogen-bond acceptors (Lipinski definition) is 3. The number of nitrogens with one attached hydrogen (secondary N) is 1. The molecule has 1 aromatic carbocycles. The summed E-state index contributed by atoms with van der Waals surface area (Å²) in [6, 6.07) is 5.56. The van der Waals surface area contributed by atoms with Gasteiger partial charge in [0, 0.05) is 11.8 Å². The zero-order valence-electron chi connectivity index (χ0n) is 11.5. The second-order valence-corrected chi connectivity index (χ2v) is 5.34. The smallest absolute Gasteiger partial charge is 0.227 e. The van der Waals surface area contributed by atoms with Crippen molar-refractivity contribution < 1.29 is 14.6 Å². The Kier molecular flexibility index (Phi) is 4.10. The van der Waals surface area contributed by atoms with Gasteiger partial charge in [0.1, 0.15) is 5.75 Å². The number of methoxy groups -OCH3 is 1. The van der Waals surface area contributed by atoms with Gasteiger partial charge in [-0.2, -0.15) is 0 Å². The molecule has 1 saturated carbocycles. The van der Waals surface area contributed by atoms with Crippen LogP contribution < -0.4 is 10.1 Å². The maximum atomic E-state index is 12.0. The molecule has 1 aromatic rings. The number of ether oxygens (including phenoxy) is 1. The van der Waals surface area contributed by atoms with Crippen LogP contribution in [0.5, 0.6) is 5.75 Å². The lowest BCUT2D eigenvalue weighted by molar-refractivity contribution is -0.120. The van der Waals surface area contributed by atoms with Gasteiger partial charge in [-0.05, 0) is 31.4 Å². The Bertz CT molecular complexity index is 464. The van der Waals surface area contributed by atoms with E-state index in [0.717, 1.165) is 36.9 Å². The van der Waals surface area contributed by atoms with E-state index in [1.165, 1.54) is 0 Å². The molecule has 0 heterocycles. The molecule has 19 heavy (non-hydrogen) atoms. The van der Waals surface area contributed by atoms with E-state index in [2.05, 4.69) is 5.32 Å². The minimum absolute atomic E-state index is 0.138. The number of anilines is 1. The molecule has 2 rings (SSSR count). The van der Waals surface area contributed by atoms with Gasteiger partial charge in [-0.25, -0.2) is 0 Å². The van der Waals surface area contributed by atoms with Crippen molar-refractivity contribution in [1.29, 1.82) is 0 Å². The van der Waals surface area contributed by atoms with E-state index in [0.29, 0.717) is 5.75 Å². The summed E-state index contributed by atoms with van der Waals surface area (Å²) in [6.45, 7) is 1.93. The van der Waals surface area contributed by atoms with Crippen LogP contribution in [-0.2, 0) is 4.79 Å². The number of aliphatic hydroxyl groups is 1. The molecule has 0 aromatic heterocycles. The number of carbonyl (C=O) groups is 1. The summed E-state index contributed by atoms with van der Waals surface area (Å²) in [5, 5.41) is 13.1. The second-order valence-electron chi connectivity index (χ2n) is 5.34. The summed E-state index contributed by atoms with van der Waals surface area (Å²) < 4.78 is 5.14. The monoisotopic (exact) mass is 263 g/mol. The Balaban J connectivity index is 2.02. The molecular weight excluding hydrogens is 242 g/mol. The van der Waals surface area contributed by atoms with Crippen LogP contribution in [0.3, 0.4) is 0 Å². The minimum atomic E-state index is -0.809. The SMILES string of the molecule is COc1ccc(C)c(NC(=O)CC2(O)CCCC2)c1. The summed E-state index contributed by atoms with van der Waals surface area (Å²) >= 11 is 0. The zero-order valence-corrected chi connectivity index (χ0v) is 11.5. The maximum Gasteiger partial charge on any atom is 0.227 e. The number of rotatable bonds is 4. The Morgan fingerprint density at radius 2 is 2.11 bits per heavy atom. The highest BCUT2D eigenvalue weighted by Crippen LogP contribution is 2.32. The first-order valence-corrected chi connectivity index (χ1v) is 6.69. The molecule has 104 valence electrons. The van der Waals surface area contributed by atoms with Gasteiger partial charge in [-0.3, -0.25) is 4.79 Å². The Morgan fingerprint density at radius 3 is 2.74 bits per heavy atom. The summed E-state index contributed by atoms with van der Waals surface area (Å²) in [5.41, 5.74) is 0.912. The Labute approximate surface area is 113 Å². The van der Waals surface area contributed by atoms with E-state index in [1.54, 1.807) is 13.2 Å². The molecule has 1 fully saturated rings. The molecule has 1 aliphatic carbocycles. The maximum absolute atomic E-state index is 12.0. The summed E-state index contributed by atoms with van der Waals surface area (Å²) in [6.07, 6.45) is 3.61. The van der Waals surface area contributed by atoms with Gasteiger partial charge in [0.2, 0.25) is 5.91 Å². The number of benzene rings is 1. The van der Waals surface area contributed by atoms with Crippen molar-refractivity contribution in [2.45, 2.75) is 44.6 Å². The van der Waals surface area contributed by atoms with Crippen molar-refractivity contribution >= 4 is 11.6 Å². The van der Waals surface area contributed by atoms with Crippen molar-refractivity contribution in [1.82, 2.24) is 0 Å². The Hall–Kier alpha value is -1.55. The molecule has 0 radical (unpaired) electrons. The van der Waals surface area contributed by atoms with E-state index in [9.17, 15) is 9.90 Å². The molecule has 0 unspecified atom stereocenters. The van der Waals surface area contributed by atoms with E-state index in [-0.39, 0.29) is 12.3 Å². The first-order valence-electron chi connectivity index (χ1n) is 6.69. The lowest BCUT2D eigenvalue weighted by Crippen LogP contribution is -2.30. The van der Waals surface area contributed by atoms with Crippen molar-refractivity contribution in [3.63, 3.8) is 0 Å². The third-order valence-corrected chi connectivity index (χ3v) is 3.74. The van der Waals surface area contributed by atoms with E-state index < -0.39 is 5.60 Å². The lowest BCUT2D eigenvalue weighted by atomic mass is 9.97. The standard InChI is InChI=1S/C15H21NO3/c1-11-5-6-12(19-2)9-13(11)16-14(17)10-15(18)7-3-4-8-15/h5-6,9,18H,3-4,7-8,10H2,1-2H3,(H,16,17). The first-order chi connectivity index (χ1) is 9.02. The first kappa shape index (κ1) is 13.9. The van der Waals surface area contributed by atoms with Crippen LogP contribution in [0, 0.1) is 6.92 Å². The highest BCUT2D eigenvalue weighted by molar-refractivity contribution is 5.92. The van der Waals surface area contributed by atoms with E-state index in [1.807, 2.05) is 19.1 Å². The predicted molar refractivity (Wildman–Crippen MR) is 74.4 cm³/mol. The summed E-state index contributed by atoms with van der Waals surface area (Å²) in [7, 11) is 1.59. The van der Waals surface area contributed by atoms with Crippen LogP contribution in [0.4, 0.5) is 5.69 Å². The fourth-order valence-electron chi connectivity index (χ4n) is 2.57. The summed E-state index contributed by atoms with van der Waals surface area (Å²) in [4.78, 5) is 12.0. The quantitative estimate of drug-likeness (QED) is 0.878. The minimum Gasteiger partial charge on any atom is -0.497 e. The largest absolute Gasteiger partial charge is 0.497 e. The van der Waals surface area contributed by atoms with Crippen LogP contribution in [0.15, 0.2) is 18.2 Å². The zero-order chi connectivity index (χ0) is 13.9. The molecule has 0 atom stereocenters. The topological polar surface area (TPSA) is 58.6 Å². The van der Waals surface area contributed by atoms with Gasteiger partial charge in [-0.15, -0.1) is 0 Å². The fraction of sp³-hybridized carbons (Fsp3) is 0.533. The highest BCUT2D eigenvalue weighted by atomic mass is 16.5. The predicted octanol–water partition coefficient (Wildman–Crippen LogP) is 2.64. The van der Waals surface area contributed by atoms with Crippen LogP contribution in [0.2, 0.25) is 0 Å². The van der Waals surface area contributed by atoms with Crippen molar-refractivity contribution in [2.75, 3.05) is 12.4 Å². The van der Waals surface area contributed by atoms with Crippen LogP contribution in [-0.4, -0.2) is 23.7 Å². The number of amides is 1. The molecule has 0 aliphatic heterocycles. The van der Waals surface area contributed by atoms with Gasteiger partial charge in [0.25, 0.3) is 0 Å². The number of carbonyl (C=O) groups excluding carboxylic acids is 1. The lowest BCUT2D eigenvalue weighted by Gasteiger charge is -2.21. The molecule has 2 N–H and O–H groups in total. The van der Waals surface area contributed by atoms with Crippen molar-refractivity contribution in [3.05, 3.63) is 23.8 Å². The number of aryl methyl sites for hydroxylation is 1. The molecule has 4 nitrogen and oxygen atoms in total. The van der Waals surface area contributed by atoms with Crippen LogP contribution in [0.25, 0.3) is 0 Å². The van der Waals surface area contributed by atoms with Gasteiger partial charge >= 0.3 is 0 Å². The normalized spacial score (nSPS) is 17.2. The van der Waals surface area contributed by atoms with Gasteiger partial charge in [0.05, 0.1) is 19.1 Å².